The minimum Gasteiger partial charge on any atom is -0.383 e. The molecule has 110 valence electrons. The number of nitrogens with zero attached hydrogens (tertiary/aromatic N) is 1. The normalized spacial score (nSPS) is 21.0. The zero-order chi connectivity index (χ0) is 14.4. The zero-order valence-electron chi connectivity index (χ0n) is 12.4. The minimum atomic E-state index is -0.215. The van der Waals surface area contributed by atoms with Gasteiger partial charge in [0, 0.05) is 26.1 Å². The minimum absolute atomic E-state index is 0.00849. The average molecular weight is 270 g/mol. The van der Waals surface area contributed by atoms with Crippen LogP contribution in [0.2, 0.25) is 0 Å². The van der Waals surface area contributed by atoms with Gasteiger partial charge in [-0.2, -0.15) is 0 Å². The molecule has 0 aliphatic carbocycles. The van der Waals surface area contributed by atoms with Crippen LogP contribution in [0.1, 0.15) is 40.0 Å². The van der Waals surface area contributed by atoms with Crippen LogP contribution in [0.5, 0.6) is 0 Å². The van der Waals surface area contributed by atoms with E-state index in [1.54, 1.807) is 12.0 Å². The summed E-state index contributed by atoms with van der Waals surface area (Å²) in [6.07, 6.45) is 2.17. The largest absolute Gasteiger partial charge is 0.383 e. The van der Waals surface area contributed by atoms with Crippen LogP contribution in [0.25, 0.3) is 0 Å². The van der Waals surface area contributed by atoms with E-state index in [1.807, 2.05) is 6.92 Å². The molecule has 1 heterocycles. The van der Waals surface area contributed by atoms with E-state index in [0.717, 1.165) is 12.8 Å². The first-order valence-corrected chi connectivity index (χ1v) is 7.12. The summed E-state index contributed by atoms with van der Waals surface area (Å²) in [5.74, 6) is -0.157. The summed E-state index contributed by atoms with van der Waals surface area (Å²) in [6.45, 7) is 7.08. The summed E-state index contributed by atoms with van der Waals surface area (Å²) in [4.78, 5) is 25.8. The predicted molar refractivity (Wildman–Crippen MR) is 73.7 cm³/mol. The van der Waals surface area contributed by atoms with Crippen molar-refractivity contribution >= 4 is 11.8 Å². The van der Waals surface area contributed by atoms with Gasteiger partial charge < -0.3 is 15.0 Å². The fourth-order valence-electron chi connectivity index (χ4n) is 2.48. The Morgan fingerprint density at radius 3 is 2.63 bits per heavy atom. The van der Waals surface area contributed by atoms with Crippen molar-refractivity contribution in [1.82, 2.24) is 10.2 Å². The van der Waals surface area contributed by atoms with Crippen molar-refractivity contribution in [3.8, 4) is 0 Å². The number of methoxy groups -OCH3 is 1. The van der Waals surface area contributed by atoms with Crippen molar-refractivity contribution in [2.75, 3.05) is 20.3 Å². The molecule has 0 aromatic heterocycles. The highest BCUT2D eigenvalue weighted by atomic mass is 16.5. The molecule has 0 radical (unpaired) electrons. The Morgan fingerprint density at radius 1 is 1.47 bits per heavy atom. The summed E-state index contributed by atoms with van der Waals surface area (Å²) in [5.41, 5.74) is 0. The van der Waals surface area contributed by atoms with Gasteiger partial charge >= 0.3 is 0 Å². The summed E-state index contributed by atoms with van der Waals surface area (Å²) in [7, 11) is 1.62. The maximum absolute atomic E-state index is 12.1. The van der Waals surface area contributed by atoms with Gasteiger partial charge in [0.25, 0.3) is 0 Å². The Morgan fingerprint density at radius 2 is 2.11 bits per heavy atom. The van der Waals surface area contributed by atoms with Crippen molar-refractivity contribution in [1.29, 1.82) is 0 Å². The van der Waals surface area contributed by atoms with Gasteiger partial charge in [-0.05, 0) is 19.8 Å². The van der Waals surface area contributed by atoms with Gasteiger partial charge in [-0.25, -0.2) is 0 Å². The highest BCUT2D eigenvalue weighted by Gasteiger charge is 2.36. The van der Waals surface area contributed by atoms with E-state index < -0.39 is 0 Å². The summed E-state index contributed by atoms with van der Waals surface area (Å²) >= 11 is 0. The number of rotatable bonds is 7. The molecule has 5 heteroatoms. The quantitative estimate of drug-likeness (QED) is 0.755. The van der Waals surface area contributed by atoms with E-state index >= 15 is 0 Å². The molecule has 2 amide bonds. The van der Waals surface area contributed by atoms with Gasteiger partial charge in [0.05, 0.1) is 18.6 Å². The van der Waals surface area contributed by atoms with Gasteiger partial charge in [-0.3, -0.25) is 9.59 Å². The molecule has 0 unspecified atom stereocenters. The van der Waals surface area contributed by atoms with E-state index in [9.17, 15) is 9.59 Å². The van der Waals surface area contributed by atoms with Crippen molar-refractivity contribution in [2.24, 2.45) is 5.92 Å². The van der Waals surface area contributed by atoms with Crippen molar-refractivity contribution < 1.29 is 14.3 Å². The molecule has 1 saturated heterocycles. The van der Waals surface area contributed by atoms with E-state index in [4.69, 9.17) is 4.74 Å². The van der Waals surface area contributed by atoms with Crippen molar-refractivity contribution in [3.63, 3.8) is 0 Å². The fraction of sp³-hybridized carbons (Fsp3) is 0.857. The van der Waals surface area contributed by atoms with Gasteiger partial charge in [-0.1, -0.05) is 13.8 Å². The van der Waals surface area contributed by atoms with Crippen LogP contribution in [0.15, 0.2) is 0 Å². The van der Waals surface area contributed by atoms with Gasteiger partial charge in [0.1, 0.15) is 0 Å². The Balaban J connectivity index is 2.53. The molecule has 1 rings (SSSR count). The molecule has 0 bridgehead atoms. The maximum Gasteiger partial charge on any atom is 0.225 e. The first-order valence-electron chi connectivity index (χ1n) is 7.12. The predicted octanol–water partition coefficient (Wildman–Crippen LogP) is 1.17. The highest BCUT2D eigenvalue weighted by molar-refractivity contribution is 5.89. The molecule has 0 aromatic carbocycles. The zero-order valence-corrected chi connectivity index (χ0v) is 12.4. The average Bonchev–Trinajstić information content (AvgIpc) is 2.78. The Hall–Kier alpha value is -1.10. The van der Waals surface area contributed by atoms with Gasteiger partial charge in [-0.15, -0.1) is 0 Å². The molecule has 0 aromatic rings. The van der Waals surface area contributed by atoms with E-state index in [1.165, 1.54) is 0 Å². The molecule has 2 atom stereocenters. The second-order valence-electron chi connectivity index (χ2n) is 5.27. The van der Waals surface area contributed by atoms with Crippen LogP contribution in [0.4, 0.5) is 0 Å². The van der Waals surface area contributed by atoms with E-state index in [2.05, 4.69) is 19.2 Å². The molecule has 19 heavy (non-hydrogen) atoms. The second-order valence-corrected chi connectivity index (χ2v) is 5.27. The fourth-order valence-corrected chi connectivity index (χ4v) is 2.48. The number of amides is 2. The Kier molecular flexibility index (Phi) is 6.28. The van der Waals surface area contributed by atoms with Crippen LogP contribution >= 0.6 is 0 Å². The molecule has 5 nitrogen and oxygen atoms in total. The third-order valence-corrected chi connectivity index (χ3v) is 3.80. The molecular weight excluding hydrogens is 244 g/mol. The van der Waals surface area contributed by atoms with Gasteiger partial charge in [0.15, 0.2) is 0 Å². The lowest BCUT2D eigenvalue weighted by Gasteiger charge is -2.24. The van der Waals surface area contributed by atoms with Crippen molar-refractivity contribution in [2.45, 2.75) is 52.1 Å². The number of hydrogen-bond acceptors (Lipinski definition) is 3. The van der Waals surface area contributed by atoms with Gasteiger partial charge in [0.2, 0.25) is 11.8 Å². The molecule has 1 fully saturated rings. The van der Waals surface area contributed by atoms with Crippen LogP contribution in [0.3, 0.4) is 0 Å². The van der Waals surface area contributed by atoms with E-state index in [-0.39, 0.29) is 29.8 Å². The molecular formula is C14H26N2O3. The lowest BCUT2D eigenvalue weighted by molar-refractivity contribution is -0.130. The summed E-state index contributed by atoms with van der Waals surface area (Å²) < 4.78 is 5.06. The first-order chi connectivity index (χ1) is 9.03. The Bertz CT molecular complexity index is 316. The molecule has 1 aliphatic heterocycles. The monoisotopic (exact) mass is 270 g/mol. The van der Waals surface area contributed by atoms with Crippen molar-refractivity contribution in [3.05, 3.63) is 0 Å². The number of carbonyl (C=O) groups excluding carboxylic acids is 2. The SMILES string of the molecule is CCC(CC)NC(=O)[C@@H]1CC(=O)N([C@@H](C)COC)C1. The van der Waals surface area contributed by atoms with E-state index in [0.29, 0.717) is 19.6 Å². The number of ether oxygens (including phenoxy) is 1. The smallest absolute Gasteiger partial charge is 0.225 e. The summed E-state index contributed by atoms with van der Waals surface area (Å²) in [5, 5.41) is 3.02. The third-order valence-electron chi connectivity index (χ3n) is 3.80. The number of nitrogens with one attached hydrogen (secondary N) is 1. The number of hydrogen-bond donors (Lipinski definition) is 1. The lowest BCUT2D eigenvalue weighted by atomic mass is 10.1. The standard InChI is InChI=1S/C14H26N2O3/c1-5-12(6-2)15-14(18)11-7-13(17)16(8-11)10(3)9-19-4/h10-12H,5-9H2,1-4H3,(H,15,18)/t10-,11+/m0/s1. The number of carbonyl (C=O) groups is 2. The lowest BCUT2D eigenvalue weighted by Crippen LogP contribution is -2.41. The second kappa shape index (κ2) is 7.48. The summed E-state index contributed by atoms with van der Waals surface area (Å²) in [6, 6.07) is 0.247. The molecule has 1 aliphatic rings. The molecule has 0 spiro atoms. The van der Waals surface area contributed by atoms with Crippen LogP contribution in [-0.4, -0.2) is 49.1 Å². The molecule has 1 N–H and O–H groups in total. The van der Waals surface area contributed by atoms with Crippen LogP contribution in [0, 0.1) is 5.92 Å². The third kappa shape index (κ3) is 4.20. The highest BCUT2D eigenvalue weighted by Crippen LogP contribution is 2.21. The number of likely N-dealkylation sites (tertiary alicyclic amines) is 1. The van der Waals surface area contributed by atoms with Crippen LogP contribution in [-0.2, 0) is 14.3 Å². The first kappa shape index (κ1) is 16.0. The Labute approximate surface area is 115 Å². The maximum atomic E-state index is 12.1. The topological polar surface area (TPSA) is 58.6 Å². The molecule has 0 saturated carbocycles. The van der Waals surface area contributed by atoms with Crippen LogP contribution < -0.4 is 5.32 Å².